The Morgan fingerprint density at radius 1 is 1.07 bits per heavy atom. The molecular formula is C27H34BrF3N6O3. The summed E-state index contributed by atoms with van der Waals surface area (Å²) >= 11 is 3.42. The smallest absolute Gasteiger partial charge is 0.404 e. The number of aromatic nitrogens is 2. The van der Waals surface area contributed by atoms with Crippen molar-refractivity contribution in [3.05, 3.63) is 46.3 Å². The minimum absolute atomic E-state index is 0.0912. The number of rotatable bonds is 7. The van der Waals surface area contributed by atoms with Gasteiger partial charge in [0, 0.05) is 42.9 Å². The first-order valence-corrected chi connectivity index (χ1v) is 14.0. The fourth-order valence-corrected chi connectivity index (χ4v) is 5.24. The number of esters is 1. The van der Waals surface area contributed by atoms with Crippen LogP contribution in [0.3, 0.4) is 0 Å². The normalized spacial score (nSPS) is 19.1. The lowest BCUT2D eigenvalue weighted by atomic mass is 10.1. The van der Waals surface area contributed by atoms with Gasteiger partial charge in [-0.2, -0.15) is 13.2 Å². The Bertz CT molecular complexity index is 1200. The minimum atomic E-state index is -4.27. The summed E-state index contributed by atoms with van der Waals surface area (Å²) in [5.41, 5.74) is 0.711. The van der Waals surface area contributed by atoms with E-state index in [1.54, 1.807) is 18.2 Å². The second-order valence-corrected chi connectivity index (χ2v) is 11.9. The molecule has 40 heavy (non-hydrogen) atoms. The fraction of sp³-hybridized carbons (Fsp3) is 0.556. The Hall–Kier alpha value is -2.77. The third kappa shape index (κ3) is 8.14. The van der Waals surface area contributed by atoms with Crippen LogP contribution in [-0.4, -0.2) is 88.7 Å². The van der Waals surface area contributed by atoms with Crippen molar-refractivity contribution < 1.29 is 27.5 Å². The quantitative estimate of drug-likeness (QED) is 0.450. The number of anilines is 2. The molecule has 1 aromatic carbocycles. The summed E-state index contributed by atoms with van der Waals surface area (Å²) in [5, 5.41) is 2.76. The zero-order chi connectivity index (χ0) is 29.1. The lowest BCUT2D eigenvalue weighted by Gasteiger charge is -2.35. The summed E-state index contributed by atoms with van der Waals surface area (Å²) in [7, 11) is 0. The lowest BCUT2D eigenvalue weighted by Crippen LogP contribution is -2.49. The molecule has 9 nitrogen and oxygen atoms in total. The fourth-order valence-electron chi connectivity index (χ4n) is 4.87. The van der Waals surface area contributed by atoms with E-state index in [2.05, 4.69) is 31.2 Å². The van der Waals surface area contributed by atoms with Gasteiger partial charge < -0.3 is 15.0 Å². The predicted molar refractivity (Wildman–Crippen MR) is 148 cm³/mol. The van der Waals surface area contributed by atoms with E-state index in [0.717, 1.165) is 0 Å². The van der Waals surface area contributed by atoms with E-state index in [-0.39, 0.29) is 31.2 Å². The summed E-state index contributed by atoms with van der Waals surface area (Å²) in [6, 6.07) is 3.60. The summed E-state index contributed by atoms with van der Waals surface area (Å²) in [5.74, 6) is -0.0939. The van der Waals surface area contributed by atoms with Crippen LogP contribution >= 0.6 is 15.9 Å². The Balaban J connectivity index is 1.31. The van der Waals surface area contributed by atoms with E-state index in [9.17, 15) is 22.8 Å². The first-order valence-electron chi connectivity index (χ1n) is 13.2. The van der Waals surface area contributed by atoms with Crippen LogP contribution in [0.2, 0.25) is 0 Å². The van der Waals surface area contributed by atoms with Gasteiger partial charge in [-0.15, -0.1) is 0 Å². The van der Waals surface area contributed by atoms with Crippen molar-refractivity contribution in [2.75, 3.05) is 49.5 Å². The highest BCUT2D eigenvalue weighted by Gasteiger charge is 2.45. The van der Waals surface area contributed by atoms with Gasteiger partial charge in [0.05, 0.1) is 18.9 Å². The van der Waals surface area contributed by atoms with Gasteiger partial charge in [-0.3, -0.25) is 19.4 Å². The van der Waals surface area contributed by atoms with Crippen molar-refractivity contribution in [3.8, 4) is 0 Å². The van der Waals surface area contributed by atoms with E-state index in [4.69, 9.17) is 4.74 Å². The standard InChI is InChI=1S/C27H34BrF3N6O3/c1-26(2,3)40-24(38)17-35-9-11-36(12-10-35)23-15-32-21(14-33-23)25(39)34-19-6-7-20(28)18(13-19)16-37-8-4-5-22(37)27(29,30)31/h6-7,13-15,22H,4-5,8-12,16-17H2,1-3H3,(H,34,39)/t22-/m0/s1. The van der Waals surface area contributed by atoms with Gasteiger partial charge in [0.15, 0.2) is 0 Å². The molecule has 0 bridgehead atoms. The molecule has 0 unspecified atom stereocenters. The molecule has 218 valence electrons. The third-order valence-electron chi connectivity index (χ3n) is 6.76. The van der Waals surface area contributed by atoms with Crippen LogP contribution in [0.1, 0.15) is 49.7 Å². The van der Waals surface area contributed by atoms with E-state index in [1.165, 1.54) is 17.3 Å². The molecular weight excluding hydrogens is 593 g/mol. The first kappa shape index (κ1) is 30.2. The molecule has 0 radical (unpaired) electrons. The second-order valence-electron chi connectivity index (χ2n) is 11.0. The van der Waals surface area contributed by atoms with E-state index >= 15 is 0 Å². The maximum absolute atomic E-state index is 13.4. The van der Waals surface area contributed by atoms with E-state index < -0.39 is 23.7 Å². The highest BCUT2D eigenvalue weighted by Crippen LogP contribution is 2.35. The van der Waals surface area contributed by atoms with Gasteiger partial charge in [-0.05, 0) is 63.9 Å². The number of carbonyl (C=O) groups is 2. The van der Waals surface area contributed by atoms with Crippen molar-refractivity contribution in [2.24, 2.45) is 0 Å². The zero-order valence-electron chi connectivity index (χ0n) is 22.8. The first-order chi connectivity index (χ1) is 18.8. The molecule has 2 aromatic rings. The van der Waals surface area contributed by atoms with Crippen molar-refractivity contribution in [2.45, 2.75) is 58.0 Å². The highest BCUT2D eigenvalue weighted by molar-refractivity contribution is 9.10. The Labute approximate surface area is 240 Å². The Kier molecular flexibility index (Phi) is 9.36. The van der Waals surface area contributed by atoms with Crippen LogP contribution in [0, 0.1) is 0 Å². The molecule has 0 saturated carbocycles. The monoisotopic (exact) mass is 626 g/mol. The van der Waals surface area contributed by atoms with Gasteiger partial charge in [0.1, 0.15) is 23.2 Å². The molecule has 0 aliphatic carbocycles. The number of carbonyl (C=O) groups excluding carboxylic acids is 2. The number of nitrogens with zero attached hydrogens (tertiary/aromatic N) is 5. The molecule has 2 fully saturated rings. The van der Waals surface area contributed by atoms with E-state index in [0.29, 0.717) is 60.7 Å². The van der Waals surface area contributed by atoms with Gasteiger partial charge in [-0.1, -0.05) is 15.9 Å². The van der Waals surface area contributed by atoms with Crippen molar-refractivity contribution in [1.82, 2.24) is 19.8 Å². The molecule has 3 heterocycles. The molecule has 2 saturated heterocycles. The zero-order valence-corrected chi connectivity index (χ0v) is 24.4. The lowest BCUT2D eigenvalue weighted by molar-refractivity contribution is -0.177. The van der Waals surface area contributed by atoms with Gasteiger partial charge in [-0.25, -0.2) is 9.97 Å². The maximum Gasteiger partial charge on any atom is 0.404 e. The van der Waals surface area contributed by atoms with Crippen LogP contribution in [0.25, 0.3) is 0 Å². The number of nitrogens with one attached hydrogen (secondary N) is 1. The number of likely N-dealkylation sites (tertiary alicyclic amines) is 1. The molecule has 2 aliphatic heterocycles. The van der Waals surface area contributed by atoms with Crippen LogP contribution in [0.5, 0.6) is 0 Å². The maximum atomic E-state index is 13.4. The topological polar surface area (TPSA) is 90.9 Å². The summed E-state index contributed by atoms with van der Waals surface area (Å²) in [6.45, 7) is 8.86. The molecule has 1 aromatic heterocycles. The highest BCUT2D eigenvalue weighted by atomic mass is 79.9. The summed E-state index contributed by atoms with van der Waals surface area (Å²) in [6.07, 6.45) is -0.748. The Morgan fingerprint density at radius 2 is 1.80 bits per heavy atom. The van der Waals surface area contributed by atoms with Gasteiger partial charge in [0.25, 0.3) is 5.91 Å². The molecule has 4 rings (SSSR count). The second kappa shape index (κ2) is 12.4. The molecule has 1 N–H and O–H groups in total. The molecule has 2 aliphatic rings. The van der Waals surface area contributed by atoms with Crippen molar-refractivity contribution >= 4 is 39.3 Å². The molecule has 13 heteroatoms. The summed E-state index contributed by atoms with van der Waals surface area (Å²) in [4.78, 5) is 39.1. The largest absolute Gasteiger partial charge is 0.459 e. The van der Waals surface area contributed by atoms with Crippen LogP contribution < -0.4 is 10.2 Å². The van der Waals surface area contributed by atoms with Gasteiger partial charge in [0.2, 0.25) is 0 Å². The number of ether oxygens (including phenoxy) is 1. The average Bonchev–Trinajstić information content (AvgIpc) is 3.34. The third-order valence-corrected chi connectivity index (χ3v) is 7.53. The number of hydrogen-bond donors (Lipinski definition) is 1. The number of halogens is 4. The van der Waals surface area contributed by atoms with Gasteiger partial charge >= 0.3 is 12.1 Å². The minimum Gasteiger partial charge on any atom is -0.459 e. The number of benzene rings is 1. The van der Waals surface area contributed by atoms with Crippen molar-refractivity contribution in [1.29, 1.82) is 0 Å². The molecule has 0 spiro atoms. The van der Waals surface area contributed by atoms with Crippen LogP contribution in [0.4, 0.5) is 24.7 Å². The predicted octanol–water partition coefficient (Wildman–Crippen LogP) is 4.48. The average molecular weight is 628 g/mol. The SMILES string of the molecule is CC(C)(C)OC(=O)CN1CCN(c2cnc(C(=O)Nc3ccc(Br)c(CN4CCC[C@H]4C(F)(F)F)c3)cn2)CC1. The number of alkyl halides is 3. The molecule has 1 amide bonds. The Morgan fingerprint density at radius 3 is 2.42 bits per heavy atom. The van der Waals surface area contributed by atoms with Crippen molar-refractivity contribution in [3.63, 3.8) is 0 Å². The molecule has 1 atom stereocenters. The van der Waals surface area contributed by atoms with Crippen LogP contribution in [0.15, 0.2) is 35.1 Å². The number of amides is 1. The number of hydrogen-bond acceptors (Lipinski definition) is 8. The number of piperazine rings is 1. The summed E-state index contributed by atoms with van der Waals surface area (Å²) < 4.78 is 46.2. The van der Waals surface area contributed by atoms with Crippen LogP contribution in [-0.2, 0) is 16.1 Å². The van der Waals surface area contributed by atoms with E-state index in [1.807, 2.05) is 30.6 Å².